The van der Waals surface area contributed by atoms with Gasteiger partial charge in [0.15, 0.2) is 0 Å². The minimum Gasteiger partial charge on any atom is -0.476 e. The summed E-state index contributed by atoms with van der Waals surface area (Å²) >= 11 is 0. The van der Waals surface area contributed by atoms with Gasteiger partial charge in [-0.15, -0.1) is 0 Å². The summed E-state index contributed by atoms with van der Waals surface area (Å²) in [6.07, 6.45) is 4.58. The van der Waals surface area contributed by atoms with Crippen molar-refractivity contribution in [3.05, 3.63) is 94.9 Å². The van der Waals surface area contributed by atoms with E-state index in [2.05, 4.69) is 15.2 Å². The molecule has 1 unspecified atom stereocenters. The second kappa shape index (κ2) is 12.3. The average molecular weight is 491 g/mol. The van der Waals surface area contributed by atoms with E-state index in [1.54, 1.807) is 36.4 Å². The van der Waals surface area contributed by atoms with Crippen molar-refractivity contribution < 1.29 is 18.7 Å². The van der Waals surface area contributed by atoms with E-state index in [0.29, 0.717) is 36.6 Å². The number of carbonyl (C=O) groups excluding carboxylic acids is 2. The number of carbonyl (C=O) groups is 2. The van der Waals surface area contributed by atoms with Crippen LogP contribution in [0.25, 0.3) is 0 Å². The summed E-state index contributed by atoms with van der Waals surface area (Å²) in [5, 5.41) is 2.94. The first-order valence-electron chi connectivity index (χ1n) is 12.2. The lowest BCUT2D eigenvalue weighted by Crippen LogP contribution is -2.26. The average Bonchev–Trinajstić information content (AvgIpc) is 3.41. The summed E-state index contributed by atoms with van der Waals surface area (Å²) in [7, 11) is 0. The molecule has 2 aromatic carbocycles. The van der Waals surface area contributed by atoms with Gasteiger partial charge >= 0.3 is 0 Å². The Morgan fingerprint density at radius 2 is 1.61 bits per heavy atom. The SMILES string of the molecule is NC(=O)c1ccc(C(CCNC(=O)c2ccc(OCCN3CCCC3)nc2)c2ccc(F)cc2)cc1. The zero-order valence-electron chi connectivity index (χ0n) is 20.2. The zero-order chi connectivity index (χ0) is 25.3. The van der Waals surface area contributed by atoms with Crippen LogP contribution in [-0.4, -0.2) is 54.5 Å². The highest BCUT2D eigenvalue weighted by Crippen LogP contribution is 2.28. The number of benzene rings is 2. The number of halogens is 1. The van der Waals surface area contributed by atoms with Gasteiger partial charge < -0.3 is 15.8 Å². The van der Waals surface area contributed by atoms with Crippen LogP contribution in [0.4, 0.5) is 4.39 Å². The van der Waals surface area contributed by atoms with Crippen molar-refractivity contribution in [1.82, 2.24) is 15.2 Å². The predicted octanol–water partition coefficient (Wildman–Crippen LogP) is 3.75. The van der Waals surface area contributed by atoms with Gasteiger partial charge in [-0.2, -0.15) is 0 Å². The topological polar surface area (TPSA) is 97.5 Å². The Morgan fingerprint density at radius 3 is 2.22 bits per heavy atom. The highest BCUT2D eigenvalue weighted by Gasteiger charge is 2.16. The summed E-state index contributed by atoms with van der Waals surface area (Å²) in [6.45, 7) is 4.09. The molecule has 1 atom stereocenters. The minimum atomic E-state index is -0.497. The molecule has 188 valence electrons. The molecule has 36 heavy (non-hydrogen) atoms. The Hall–Kier alpha value is -3.78. The summed E-state index contributed by atoms with van der Waals surface area (Å²) < 4.78 is 19.2. The molecule has 1 aliphatic rings. The molecule has 1 saturated heterocycles. The minimum absolute atomic E-state index is 0.0997. The van der Waals surface area contributed by atoms with Gasteiger partial charge in [0.1, 0.15) is 12.4 Å². The Bertz CT molecular complexity index is 1140. The molecule has 0 radical (unpaired) electrons. The molecule has 0 spiro atoms. The molecule has 4 rings (SSSR count). The number of ether oxygens (including phenoxy) is 1. The molecule has 1 fully saturated rings. The molecule has 1 aliphatic heterocycles. The van der Waals surface area contributed by atoms with E-state index >= 15 is 0 Å². The molecule has 1 aromatic heterocycles. The van der Waals surface area contributed by atoms with E-state index < -0.39 is 5.91 Å². The molecule has 7 nitrogen and oxygen atoms in total. The Morgan fingerprint density at radius 1 is 0.972 bits per heavy atom. The van der Waals surface area contributed by atoms with Gasteiger partial charge in [-0.05, 0) is 73.8 Å². The normalized spacial score (nSPS) is 14.4. The van der Waals surface area contributed by atoms with Gasteiger partial charge in [0, 0.05) is 36.8 Å². The molecule has 8 heteroatoms. The van der Waals surface area contributed by atoms with Crippen molar-refractivity contribution in [1.29, 1.82) is 0 Å². The monoisotopic (exact) mass is 490 g/mol. The van der Waals surface area contributed by atoms with E-state index in [4.69, 9.17) is 10.5 Å². The number of pyridine rings is 1. The summed E-state index contributed by atoms with van der Waals surface area (Å²) in [6, 6.07) is 16.7. The van der Waals surface area contributed by atoms with Gasteiger partial charge in [-0.25, -0.2) is 9.37 Å². The number of likely N-dealkylation sites (tertiary alicyclic amines) is 1. The molecular formula is C28H31FN4O3. The van der Waals surface area contributed by atoms with E-state index in [9.17, 15) is 14.0 Å². The predicted molar refractivity (Wildman–Crippen MR) is 136 cm³/mol. The summed E-state index contributed by atoms with van der Waals surface area (Å²) in [4.78, 5) is 30.7. The maximum Gasteiger partial charge on any atom is 0.252 e. The number of amides is 2. The van der Waals surface area contributed by atoms with Crippen LogP contribution in [0, 0.1) is 5.82 Å². The van der Waals surface area contributed by atoms with Crippen molar-refractivity contribution in [3.8, 4) is 5.88 Å². The Balaban J connectivity index is 1.33. The van der Waals surface area contributed by atoms with Crippen LogP contribution < -0.4 is 15.8 Å². The number of nitrogens with two attached hydrogens (primary N) is 1. The first-order valence-corrected chi connectivity index (χ1v) is 12.2. The van der Waals surface area contributed by atoms with E-state index in [-0.39, 0.29) is 17.6 Å². The fourth-order valence-corrected chi connectivity index (χ4v) is 4.42. The van der Waals surface area contributed by atoms with Crippen LogP contribution in [0.15, 0.2) is 66.9 Å². The fourth-order valence-electron chi connectivity index (χ4n) is 4.42. The third-order valence-corrected chi connectivity index (χ3v) is 6.44. The molecule has 3 N–H and O–H groups in total. The largest absolute Gasteiger partial charge is 0.476 e. The van der Waals surface area contributed by atoms with Crippen LogP contribution in [0.5, 0.6) is 5.88 Å². The second-order valence-electron chi connectivity index (χ2n) is 8.92. The molecule has 0 aliphatic carbocycles. The Labute approximate surface area is 210 Å². The number of primary amides is 1. The lowest BCUT2D eigenvalue weighted by Gasteiger charge is -2.19. The summed E-state index contributed by atoms with van der Waals surface area (Å²) in [5.74, 6) is -0.637. The van der Waals surface area contributed by atoms with Gasteiger partial charge in [0.2, 0.25) is 11.8 Å². The number of nitrogens with zero attached hydrogens (tertiary/aromatic N) is 2. The first kappa shape index (κ1) is 25.3. The van der Waals surface area contributed by atoms with Gasteiger partial charge in [0.05, 0.1) is 5.56 Å². The molecule has 0 bridgehead atoms. The molecular weight excluding hydrogens is 459 g/mol. The lowest BCUT2D eigenvalue weighted by molar-refractivity contribution is 0.0951. The number of nitrogens with one attached hydrogen (secondary N) is 1. The standard InChI is InChI=1S/C28H31FN4O3/c29-24-10-7-21(8-11-24)25(20-3-5-22(6-4-20)27(30)34)13-14-31-28(35)23-9-12-26(32-19-23)36-18-17-33-15-1-2-16-33/h3-12,19,25H,1-2,13-18H2,(H2,30,34)(H,31,35). The number of hydrogen-bond donors (Lipinski definition) is 2. The van der Waals surface area contributed by atoms with Gasteiger partial charge in [-0.1, -0.05) is 24.3 Å². The smallest absolute Gasteiger partial charge is 0.252 e. The second-order valence-corrected chi connectivity index (χ2v) is 8.92. The highest BCUT2D eigenvalue weighted by atomic mass is 19.1. The van der Waals surface area contributed by atoms with Crippen LogP contribution in [-0.2, 0) is 0 Å². The van der Waals surface area contributed by atoms with Crippen LogP contribution in [0.3, 0.4) is 0 Å². The van der Waals surface area contributed by atoms with Crippen molar-refractivity contribution in [3.63, 3.8) is 0 Å². The maximum absolute atomic E-state index is 13.5. The molecule has 3 aromatic rings. The number of aromatic nitrogens is 1. The first-order chi connectivity index (χ1) is 17.5. The molecule has 0 saturated carbocycles. The molecule has 2 heterocycles. The number of rotatable bonds is 11. The highest BCUT2D eigenvalue weighted by molar-refractivity contribution is 5.94. The quantitative estimate of drug-likeness (QED) is 0.427. The molecule has 2 amide bonds. The third kappa shape index (κ3) is 6.88. The fraction of sp³-hybridized carbons (Fsp3) is 0.321. The lowest BCUT2D eigenvalue weighted by atomic mass is 9.88. The van der Waals surface area contributed by atoms with Crippen molar-refractivity contribution in [2.75, 3.05) is 32.8 Å². The van der Waals surface area contributed by atoms with Gasteiger partial charge in [0.25, 0.3) is 5.91 Å². The van der Waals surface area contributed by atoms with Crippen LogP contribution in [0.1, 0.15) is 57.0 Å². The van der Waals surface area contributed by atoms with E-state index in [1.165, 1.54) is 31.2 Å². The summed E-state index contributed by atoms with van der Waals surface area (Å²) in [5.41, 5.74) is 8.07. The van der Waals surface area contributed by atoms with Crippen molar-refractivity contribution in [2.24, 2.45) is 5.73 Å². The Kier molecular flexibility index (Phi) is 8.62. The van der Waals surface area contributed by atoms with E-state index in [0.717, 1.165) is 30.8 Å². The van der Waals surface area contributed by atoms with Crippen molar-refractivity contribution >= 4 is 11.8 Å². The van der Waals surface area contributed by atoms with Crippen LogP contribution >= 0.6 is 0 Å². The third-order valence-electron chi connectivity index (χ3n) is 6.44. The van der Waals surface area contributed by atoms with E-state index in [1.807, 2.05) is 12.1 Å². The number of hydrogen-bond acceptors (Lipinski definition) is 5. The maximum atomic E-state index is 13.5. The van der Waals surface area contributed by atoms with Crippen molar-refractivity contribution in [2.45, 2.75) is 25.2 Å². The van der Waals surface area contributed by atoms with Gasteiger partial charge in [-0.3, -0.25) is 14.5 Å². The zero-order valence-corrected chi connectivity index (χ0v) is 20.2. The van der Waals surface area contributed by atoms with Crippen LogP contribution in [0.2, 0.25) is 0 Å².